The van der Waals surface area contributed by atoms with Gasteiger partial charge in [0, 0.05) is 6.20 Å². The van der Waals surface area contributed by atoms with Crippen LogP contribution in [-0.2, 0) is 4.74 Å². The standard InChI is InChI=1S/C14H16N2O3/c1-2-19-14(18)12-8-15-13-7-9(3-4-16(12)13)10-5-11(17)6-10/h3-4,7-8,10-11,17H,2,5-6H2,1H3. The van der Waals surface area contributed by atoms with Gasteiger partial charge in [-0.25, -0.2) is 9.78 Å². The van der Waals surface area contributed by atoms with Crippen LogP contribution in [0.3, 0.4) is 0 Å². The maximum Gasteiger partial charge on any atom is 0.356 e. The van der Waals surface area contributed by atoms with Crippen molar-refractivity contribution in [3.63, 3.8) is 0 Å². The average molecular weight is 260 g/mol. The number of esters is 1. The zero-order valence-electron chi connectivity index (χ0n) is 10.7. The Morgan fingerprint density at radius 1 is 1.58 bits per heavy atom. The molecule has 1 saturated carbocycles. The molecular weight excluding hydrogens is 244 g/mol. The summed E-state index contributed by atoms with van der Waals surface area (Å²) in [7, 11) is 0. The molecule has 3 rings (SSSR count). The second-order valence-corrected chi connectivity index (χ2v) is 4.87. The zero-order valence-corrected chi connectivity index (χ0v) is 10.7. The van der Waals surface area contributed by atoms with E-state index in [0.29, 0.717) is 18.2 Å². The Balaban J connectivity index is 1.91. The van der Waals surface area contributed by atoms with E-state index in [1.807, 2.05) is 18.3 Å². The summed E-state index contributed by atoms with van der Waals surface area (Å²) in [5, 5.41) is 9.35. The van der Waals surface area contributed by atoms with Crippen LogP contribution >= 0.6 is 0 Å². The summed E-state index contributed by atoms with van der Waals surface area (Å²) < 4.78 is 6.72. The quantitative estimate of drug-likeness (QED) is 0.854. The first-order chi connectivity index (χ1) is 9.19. The number of ether oxygens (including phenoxy) is 1. The molecule has 5 heteroatoms. The molecule has 0 aromatic carbocycles. The van der Waals surface area contributed by atoms with Gasteiger partial charge in [0.25, 0.3) is 0 Å². The number of aliphatic hydroxyl groups is 1. The molecule has 2 aromatic rings. The van der Waals surface area contributed by atoms with Crippen LogP contribution in [0.25, 0.3) is 5.65 Å². The van der Waals surface area contributed by atoms with Crippen LogP contribution in [0.2, 0.25) is 0 Å². The fourth-order valence-electron chi connectivity index (χ4n) is 2.47. The molecule has 2 aromatic heterocycles. The molecule has 19 heavy (non-hydrogen) atoms. The number of carbonyl (C=O) groups excluding carboxylic acids is 1. The molecule has 5 nitrogen and oxygen atoms in total. The van der Waals surface area contributed by atoms with Gasteiger partial charge in [-0.05, 0) is 43.4 Å². The molecule has 0 unspecified atom stereocenters. The Hall–Kier alpha value is -1.88. The van der Waals surface area contributed by atoms with E-state index in [-0.39, 0.29) is 12.1 Å². The topological polar surface area (TPSA) is 63.8 Å². The molecule has 0 atom stereocenters. The van der Waals surface area contributed by atoms with Crippen molar-refractivity contribution in [2.75, 3.05) is 6.61 Å². The van der Waals surface area contributed by atoms with Gasteiger partial charge in [0.1, 0.15) is 5.65 Å². The van der Waals surface area contributed by atoms with E-state index >= 15 is 0 Å². The molecule has 100 valence electrons. The molecule has 1 N–H and O–H groups in total. The molecule has 1 aliphatic rings. The van der Waals surface area contributed by atoms with Crippen molar-refractivity contribution in [3.8, 4) is 0 Å². The van der Waals surface area contributed by atoms with Crippen molar-refractivity contribution in [3.05, 3.63) is 35.8 Å². The number of aromatic nitrogens is 2. The van der Waals surface area contributed by atoms with E-state index in [1.165, 1.54) is 11.8 Å². The summed E-state index contributed by atoms with van der Waals surface area (Å²) in [6.07, 6.45) is 4.82. The van der Waals surface area contributed by atoms with Crippen LogP contribution in [0.15, 0.2) is 24.5 Å². The van der Waals surface area contributed by atoms with Crippen LogP contribution in [0.4, 0.5) is 0 Å². The summed E-state index contributed by atoms with van der Waals surface area (Å²) in [5.41, 5.74) is 2.35. The highest BCUT2D eigenvalue weighted by Gasteiger charge is 2.28. The Bertz CT molecular complexity index is 614. The summed E-state index contributed by atoms with van der Waals surface area (Å²) in [6, 6.07) is 3.95. The van der Waals surface area contributed by atoms with Crippen molar-refractivity contribution >= 4 is 11.6 Å². The summed E-state index contributed by atoms with van der Waals surface area (Å²) >= 11 is 0. The van der Waals surface area contributed by atoms with E-state index in [0.717, 1.165) is 18.5 Å². The number of pyridine rings is 1. The van der Waals surface area contributed by atoms with Gasteiger partial charge in [0.05, 0.1) is 18.9 Å². The lowest BCUT2D eigenvalue weighted by Crippen LogP contribution is -2.26. The van der Waals surface area contributed by atoms with E-state index < -0.39 is 0 Å². The molecule has 2 heterocycles. The van der Waals surface area contributed by atoms with Gasteiger partial charge in [-0.2, -0.15) is 0 Å². The van der Waals surface area contributed by atoms with Gasteiger partial charge in [0.2, 0.25) is 0 Å². The van der Waals surface area contributed by atoms with Crippen LogP contribution in [-0.4, -0.2) is 33.2 Å². The normalized spacial score (nSPS) is 22.2. The first-order valence-corrected chi connectivity index (χ1v) is 6.51. The number of rotatable bonds is 3. The first-order valence-electron chi connectivity index (χ1n) is 6.51. The van der Waals surface area contributed by atoms with E-state index in [2.05, 4.69) is 4.98 Å². The van der Waals surface area contributed by atoms with Gasteiger partial charge in [-0.1, -0.05) is 0 Å². The smallest absolute Gasteiger partial charge is 0.356 e. The maximum atomic E-state index is 11.7. The SMILES string of the molecule is CCOC(=O)c1cnc2cc(C3CC(O)C3)ccn12. The number of carbonyl (C=O) groups is 1. The van der Waals surface area contributed by atoms with Crippen LogP contribution in [0.1, 0.15) is 41.7 Å². The van der Waals surface area contributed by atoms with Gasteiger partial charge in [-0.15, -0.1) is 0 Å². The molecule has 0 spiro atoms. The predicted octanol–water partition coefficient (Wildman–Crippen LogP) is 1.75. The molecule has 0 radical (unpaired) electrons. The van der Waals surface area contributed by atoms with Gasteiger partial charge < -0.3 is 9.84 Å². The minimum atomic E-state index is -0.359. The minimum Gasteiger partial charge on any atom is -0.461 e. The molecule has 0 bridgehead atoms. The Labute approximate surface area is 110 Å². The number of fused-ring (bicyclic) bond motifs is 1. The predicted molar refractivity (Wildman–Crippen MR) is 69.1 cm³/mol. The third-order valence-corrected chi connectivity index (χ3v) is 3.61. The second-order valence-electron chi connectivity index (χ2n) is 4.87. The Morgan fingerprint density at radius 2 is 2.37 bits per heavy atom. The van der Waals surface area contributed by atoms with Crippen molar-refractivity contribution < 1.29 is 14.6 Å². The lowest BCUT2D eigenvalue weighted by Gasteiger charge is -2.31. The molecule has 0 saturated heterocycles. The fraction of sp³-hybridized carbons (Fsp3) is 0.429. The second kappa shape index (κ2) is 4.66. The van der Waals surface area contributed by atoms with Crippen LogP contribution in [0, 0.1) is 0 Å². The molecule has 0 amide bonds. The lowest BCUT2D eigenvalue weighted by molar-refractivity contribution is 0.0518. The third-order valence-electron chi connectivity index (χ3n) is 3.61. The van der Waals surface area contributed by atoms with Gasteiger partial charge >= 0.3 is 5.97 Å². The number of hydrogen-bond acceptors (Lipinski definition) is 4. The zero-order chi connectivity index (χ0) is 13.4. The van der Waals surface area contributed by atoms with Gasteiger partial charge in [-0.3, -0.25) is 4.40 Å². The first kappa shape index (κ1) is 12.2. The molecule has 0 aliphatic heterocycles. The highest BCUT2D eigenvalue weighted by atomic mass is 16.5. The highest BCUT2D eigenvalue weighted by molar-refractivity contribution is 5.88. The Kier molecular flexibility index (Phi) is 2.98. The Morgan fingerprint density at radius 3 is 3.05 bits per heavy atom. The monoisotopic (exact) mass is 260 g/mol. The number of aliphatic hydroxyl groups excluding tert-OH is 1. The number of hydrogen-bond donors (Lipinski definition) is 1. The summed E-state index contributed by atoms with van der Waals surface area (Å²) in [4.78, 5) is 16.0. The lowest BCUT2D eigenvalue weighted by atomic mass is 9.78. The third kappa shape index (κ3) is 2.10. The molecule has 1 fully saturated rings. The van der Waals surface area contributed by atoms with Crippen LogP contribution in [0.5, 0.6) is 0 Å². The maximum absolute atomic E-state index is 11.7. The van der Waals surface area contributed by atoms with Crippen molar-refractivity contribution in [1.82, 2.24) is 9.38 Å². The summed E-state index contributed by atoms with van der Waals surface area (Å²) in [6.45, 7) is 2.13. The largest absolute Gasteiger partial charge is 0.461 e. The van der Waals surface area contributed by atoms with Gasteiger partial charge in [0.15, 0.2) is 5.69 Å². The van der Waals surface area contributed by atoms with E-state index in [9.17, 15) is 9.90 Å². The minimum absolute atomic E-state index is 0.170. The fourth-order valence-corrected chi connectivity index (χ4v) is 2.47. The molecule has 1 aliphatic carbocycles. The number of imidazole rings is 1. The van der Waals surface area contributed by atoms with E-state index in [1.54, 1.807) is 11.3 Å². The summed E-state index contributed by atoms with van der Waals surface area (Å²) in [5.74, 6) is 0.0459. The van der Waals surface area contributed by atoms with Crippen molar-refractivity contribution in [2.24, 2.45) is 0 Å². The van der Waals surface area contributed by atoms with E-state index in [4.69, 9.17) is 4.74 Å². The van der Waals surface area contributed by atoms with Crippen LogP contribution < -0.4 is 0 Å². The number of nitrogens with zero attached hydrogens (tertiary/aromatic N) is 2. The highest BCUT2D eigenvalue weighted by Crippen LogP contribution is 2.36. The van der Waals surface area contributed by atoms with Crippen molar-refractivity contribution in [1.29, 1.82) is 0 Å². The average Bonchev–Trinajstić information content (AvgIpc) is 2.78. The van der Waals surface area contributed by atoms with Crippen molar-refractivity contribution in [2.45, 2.75) is 31.8 Å². The molecular formula is C14H16N2O3.